The summed E-state index contributed by atoms with van der Waals surface area (Å²) in [4.78, 5) is 29.5. The maximum Gasteiger partial charge on any atom is 0.573 e. The second-order valence-electron chi connectivity index (χ2n) is 8.88. The number of aromatic nitrogens is 1. The van der Waals surface area contributed by atoms with Crippen molar-refractivity contribution in [1.82, 2.24) is 10.3 Å². The van der Waals surface area contributed by atoms with Crippen molar-refractivity contribution in [3.63, 3.8) is 0 Å². The fraction of sp³-hybridized carbons (Fsp3) is 0.269. The second-order valence-corrected chi connectivity index (χ2v) is 8.88. The Balaban J connectivity index is 1.57. The van der Waals surface area contributed by atoms with Crippen molar-refractivity contribution in [2.24, 2.45) is 0 Å². The Bertz CT molecular complexity index is 1390. The highest BCUT2D eigenvalue weighted by atomic mass is 19.4. The smallest absolute Gasteiger partial charge is 0.491 e. The molecule has 0 unspecified atom stereocenters. The number of fused-ring (bicyclic) bond motifs is 1. The minimum Gasteiger partial charge on any atom is -0.491 e. The van der Waals surface area contributed by atoms with Gasteiger partial charge in [-0.05, 0) is 72.4 Å². The average Bonchev–Trinajstić information content (AvgIpc) is 3.70. The van der Waals surface area contributed by atoms with Crippen molar-refractivity contribution in [1.29, 1.82) is 0 Å². The van der Waals surface area contributed by atoms with Crippen molar-refractivity contribution in [3.8, 4) is 11.5 Å². The van der Waals surface area contributed by atoms with E-state index in [1.807, 2.05) is 0 Å². The van der Waals surface area contributed by atoms with E-state index in [-0.39, 0.29) is 41.3 Å². The summed E-state index contributed by atoms with van der Waals surface area (Å²) in [6.45, 7) is 0.104. The Morgan fingerprint density at radius 3 is 2.59 bits per heavy atom. The normalized spacial score (nSPS) is 18.9. The molecule has 2 N–H and O–H groups in total. The average molecular weight is 516 g/mol. The number of halogens is 4. The number of hydrogen-bond donors (Lipinski definition) is 2. The number of alkyl halides is 3. The third-order valence-electron chi connectivity index (χ3n) is 6.45. The molecule has 37 heavy (non-hydrogen) atoms. The van der Waals surface area contributed by atoms with Crippen LogP contribution < -0.4 is 14.8 Å². The topological polar surface area (TPSA) is 97.8 Å². The third kappa shape index (κ3) is 4.81. The molecule has 1 aromatic heterocycles. The summed E-state index contributed by atoms with van der Waals surface area (Å²) in [5.74, 6) is -3.59. The number of benzene rings is 2. The first kappa shape index (κ1) is 24.5. The van der Waals surface area contributed by atoms with Crippen LogP contribution in [-0.4, -0.2) is 34.9 Å². The second kappa shape index (κ2) is 9.06. The van der Waals surface area contributed by atoms with E-state index in [1.54, 1.807) is 12.1 Å². The zero-order valence-electron chi connectivity index (χ0n) is 19.1. The van der Waals surface area contributed by atoms with Gasteiger partial charge in [-0.1, -0.05) is 6.07 Å². The van der Waals surface area contributed by atoms with Crippen LogP contribution in [0.3, 0.4) is 0 Å². The van der Waals surface area contributed by atoms with Gasteiger partial charge in [0.05, 0.1) is 12.2 Å². The van der Waals surface area contributed by atoms with Crippen LogP contribution in [0, 0.1) is 5.82 Å². The molecule has 0 bridgehead atoms. The number of carbonyl (C=O) groups is 2. The summed E-state index contributed by atoms with van der Waals surface area (Å²) in [6.07, 6.45) is -1.89. The SMILES string of the molecule is O=C(N[C@]1(c2ccc(OC(F)(F)F)c(F)c2)CCOc2cccnc21)c1ccc(C(=O)O)c(C2CC2)c1. The molecule has 11 heteroatoms. The summed E-state index contributed by atoms with van der Waals surface area (Å²) >= 11 is 0. The minimum atomic E-state index is -5.08. The molecule has 0 saturated heterocycles. The van der Waals surface area contributed by atoms with Gasteiger partial charge >= 0.3 is 12.3 Å². The van der Waals surface area contributed by atoms with Gasteiger partial charge < -0.3 is 19.9 Å². The molecule has 1 aliphatic carbocycles. The standard InChI is InChI=1S/C26H20F4N2O5/c27-19-13-16(6-8-20(19)37-26(28,29)30)25(9-11-36-21-2-1-10-31-22(21)25)32-23(33)15-5-7-17(24(34)35)18(12-15)14-3-4-14/h1-2,5-8,10,12-14H,3-4,9,11H2,(H,32,33)(H,34,35)/t25-/m0/s1. The Morgan fingerprint density at radius 2 is 1.92 bits per heavy atom. The zero-order chi connectivity index (χ0) is 26.4. The fourth-order valence-electron chi connectivity index (χ4n) is 4.61. The molecule has 2 aromatic carbocycles. The van der Waals surface area contributed by atoms with Gasteiger partial charge in [0.15, 0.2) is 11.6 Å². The number of rotatable bonds is 6. The van der Waals surface area contributed by atoms with Crippen LogP contribution in [0.25, 0.3) is 0 Å². The van der Waals surface area contributed by atoms with Gasteiger partial charge in [-0.15, -0.1) is 13.2 Å². The summed E-state index contributed by atoms with van der Waals surface area (Å²) in [5.41, 5.74) is -0.195. The maximum atomic E-state index is 14.8. The lowest BCUT2D eigenvalue weighted by molar-refractivity contribution is -0.275. The first-order chi connectivity index (χ1) is 17.6. The van der Waals surface area contributed by atoms with Crippen LogP contribution in [0.15, 0.2) is 54.7 Å². The lowest BCUT2D eigenvalue weighted by Gasteiger charge is -2.39. The summed E-state index contributed by atoms with van der Waals surface area (Å²) in [5, 5.41) is 12.4. The lowest BCUT2D eigenvalue weighted by Crippen LogP contribution is -2.50. The van der Waals surface area contributed by atoms with Crippen LogP contribution in [0.4, 0.5) is 17.6 Å². The molecule has 2 aliphatic rings. The monoisotopic (exact) mass is 516 g/mol. The number of pyridine rings is 1. The molecule has 192 valence electrons. The number of hydrogen-bond acceptors (Lipinski definition) is 5. The first-order valence-corrected chi connectivity index (χ1v) is 11.4. The van der Waals surface area contributed by atoms with Gasteiger partial charge in [0.25, 0.3) is 5.91 Å². The molecule has 2 heterocycles. The molecular formula is C26H20F4N2O5. The van der Waals surface area contributed by atoms with E-state index >= 15 is 0 Å². The van der Waals surface area contributed by atoms with Crippen LogP contribution in [-0.2, 0) is 5.54 Å². The van der Waals surface area contributed by atoms with Gasteiger partial charge in [0, 0.05) is 18.2 Å². The molecule has 7 nitrogen and oxygen atoms in total. The number of nitrogens with zero attached hydrogens (tertiary/aromatic N) is 1. The molecule has 0 spiro atoms. The van der Waals surface area contributed by atoms with Gasteiger partial charge in [0.2, 0.25) is 0 Å². The van der Waals surface area contributed by atoms with Crippen LogP contribution >= 0.6 is 0 Å². The van der Waals surface area contributed by atoms with E-state index in [1.165, 1.54) is 30.5 Å². The number of aromatic carboxylic acids is 1. The van der Waals surface area contributed by atoms with Gasteiger partial charge in [0.1, 0.15) is 17.0 Å². The van der Waals surface area contributed by atoms with Crippen molar-refractivity contribution in [2.45, 2.75) is 37.1 Å². The molecule has 1 aliphatic heterocycles. The Hall–Kier alpha value is -4.15. The van der Waals surface area contributed by atoms with Crippen LogP contribution in [0.1, 0.15) is 62.7 Å². The van der Waals surface area contributed by atoms with E-state index in [0.717, 1.165) is 25.0 Å². The zero-order valence-corrected chi connectivity index (χ0v) is 19.1. The van der Waals surface area contributed by atoms with E-state index in [2.05, 4.69) is 15.0 Å². The summed E-state index contributed by atoms with van der Waals surface area (Å²) in [7, 11) is 0. The molecule has 1 atom stereocenters. The van der Waals surface area contributed by atoms with Crippen molar-refractivity contribution >= 4 is 11.9 Å². The van der Waals surface area contributed by atoms with Crippen molar-refractivity contribution in [3.05, 3.63) is 88.5 Å². The van der Waals surface area contributed by atoms with Gasteiger partial charge in [-0.3, -0.25) is 9.78 Å². The van der Waals surface area contributed by atoms with Gasteiger partial charge in [-0.2, -0.15) is 0 Å². The highest BCUT2D eigenvalue weighted by Crippen LogP contribution is 2.44. The number of amides is 1. The molecule has 0 radical (unpaired) electrons. The number of carbonyl (C=O) groups excluding carboxylic acids is 1. The quantitative estimate of drug-likeness (QED) is 0.440. The van der Waals surface area contributed by atoms with Crippen LogP contribution in [0.2, 0.25) is 0 Å². The van der Waals surface area contributed by atoms with E-state index < -0.39 is 35.3 Å². The van der Waals surface area contributed by atoms with E-state index in [9.17, 15) is 32.3 Å². The first-order valence-electron chi connectivity index (χ1n) is 11.4. The molecule has 1 fully saturated rings. The predicted octanol–water partition coefficient (Wildman–Crippen LogP) is 5.15. The number of ether oxygens (including phenoxy) is 2. The van der Waals surface area contributed by atoms with Crippen molar-refractivity contribution in [2.75, 3.05) is 6.61 Å². The Kier molecular flexibility index (Phi) is 6.01. The van der Waals surface area contributed by atoms with Crippen molar-refractivity contribution < 1.29 is 41.7 Å². The maximum absolute atomic E-state index is 14.8. The number of nitrogens with one attached hydrogen (secondary N) is 1. The lowest BCUT2D eigenvalue weighted by atomic mass is 9.81. The minimum absolute atomic E-state index is 0.0496. The fourth-order valence-corrected chi connectivity index (χ4v) is 4.61. The number of carboxylic acids is 1. The number of carboxylic acid groups (broad SMARTS) is 1. The molecule has 1 saturated carbocycles. The third-order valence-corrected chi connectivity index (χ3v) is 6.45. The van der Waals surface area contributed by atoms with Crippen LogP contribution in [0.5, 0.6) is 11.5 Å². The molecular weight excluding hydrogens is 496 g/mol. The summed E-state index contributed by atoms with van der Waals surface area (Å²) < 4.78 is 62.2. The van der Waals surface area contributed by atoms with Gasteiger partial charge in [-0.25, -0.2) is 9.18 Å². The molecule has 3 aromatic rings. The van der Waals surface area contributed by atoms with E-state index in [0.29, 0.717) is 11.3 Å². The molecule has 5 rings (SSSR count). The highest BCUT2D eigenvalue weighted by molar-refractivity contribution is 5.97. The predicted molar refractivity (Wildman–Crippen MR) is 121 cm³/mol. The Morgan fingerprint density at radius 1 is 1.14 bits per heavy atom. The Labute approximate surface area is 208 Å². The highest BCUT2D eigenvalue weighted by Gasteiger charge is 2.43. The summed E-state index contributed by atoms with van der Waals surface area (Å²) in [6, 6.07) is 10.5. The van der Waals surface area contributed by atoms with E-state index in [4.69, 9.17) is 4.74 Å². The molecule has 1 amide bonds. The largest absolute Gasteiger partial charge is 0.573 e.